The summed E-state index contributed by atoms with van der Waals surface area (Å²) < 4.78 is 0. The summed E-state index contributed by atoms with van der Waals surface area (Å²) in [6.45, 7) is -0.127. The second-order valence-electron chi connectivity index (χ2n) is 3.74. The summed E-state index contributed by atoms with van der Waals surface area (Å²) >= 11 is 13.1. The number of halogens is 2. The molecular weight excluding hydrogens is 307 g/mol. The summed E-state index contributed by atoms with van der Waals surface area (Å²) in [5, 5.41) is 14.9. The lowest BCUT2D eigenvalue weighted by molar-refractivity contribution is -0.115. The number of hydrogen-bond acceptors (Lipinski definition) is 4. The second-order valence-corrected chi connectivity index (χ2v) is 5.53. The van der Waals surface area contributed by atoms with Gasteiger partial charge in [-0.15, -0.1) is 11.3 Å². The molecule has 19 heavy (non-hydrogen) atoms. The number of hydrogen-bond donors (Lipinski definition) is 2. The number of aliphatic hydroxyl groups is 1. The van der Waals surface area contributed by atoms with E-state index in [2.05, 4.69) is 10.3 Å². The van der Waals surface area contributed by atoms with E-state index >= 15 is 0 Å². The Morgan fingerprint density at radius 2 is 2.21 bits per heavy atom. The van der Waals surface area contributed by atoms with Crippen LogP contribution in [0.1, 0.15) is 10.7 Å². The Morgan fingerprint density at radius 3 is 2.89 bits per heavy atom. The van der Waals surface area contributed by atoms with Crippen molar-refractivity contribution in [2.24, 2.45) is 0 Å². The number of aromatic nitrogens is 1. The number of nitrogens with one attached hydrogen (secondary N) is 1. The molecule has 100 valence electrons. The Balaban J connectivity index is 2.03. The molecule has 1 aromatic carbocycles. The van der Waals surface area contributed by atoms with Gasteiger partial charge in [-0.1, -0.05) is 23.2 Å². The number of nitrogens with zero attached hydrogens (tertiary/aromatic N) is 1. The SMILES string of the molecule is O=C(Cc1nc(CO)cs1)Nc1cc(Cl)ccc1Cl. The quantitative estimate of drug-likeness (QED) is 0.911. The average Bonchev–Trinajstić information content (AvgIpc) is 2.81. The maximum Gasteiger partial charge on any atom is 0.231 e. The molecule has 0 saturated heterocycles. The molecule has 7 heteroatoms. The topological polar surface area (TPSA) is 62.2 Å². The number of carbonyl (C=O) groups is 1. The van der Waals surface area contributed by atoms with Crippen molar-refractivity contribution in [3.05, 3.63) is 44.3 Å². The van der Waals surface area contributed by atoms with E-state index in [4.69, 9.17) is 28.3 Å². The molecule has 0 aliphatic heterocycles. The molecule has 0 aliphatic carbocycles. The smallest absolute Gasteiger partial charge is 0.231 e. The van der Waals surface area contributed by atoms with Gasteiger partial charge in [-0.05, 0) is 18.2 Å². The highest BCUT2D eigenvalue weighted by Crippen LogP contribution is 2.25. The van der Waals surface area contributed by atoms with Crippen LogP contribution in [0, 0.1) is 0 Å². The van der Waals surface area contributed by atoms with Crippen molar-refractivity contribution in [3.8, 4) is 0 Å². The summed E-state index contributed by atoms with van der Waals surface area (Å²) in [6, 6.07) is 4.85. The summed E-state index contributed by atoms with van der Waals surface area (Å²) in [4.78, 5) is 15.9. The molecule has 0 bridgehead atoms. The predicted octanol–water partition coefficient (Wildman–Crippen LogP) is 3.12. The van der Waals surface area contributed by atoms with Crippen molar-refractivity contribution in [1.29, 1.82) is 0 Å². The van der Waals surface area contributed by atoms with E-state index in [9.17, 15) is 4.79 Å². The highest BCUT2D eigenvalue weighted by molar-refractivity contribution is 7.09. The van der Waals surface area contributed by atoms with Gasteiger partial charge >= 0.3 is 0 Å². The molecule has 0 unspecified atom stereocenters. The zero-order valence-electron chi connectivity index (χ0n) is 9.69. The minimum absolute atomic E-state index is 0.127. The summed E-state index contributed by atoms with van der Waals surface area (Å²) in [5.74, 6) is -0.233. The number of aliphatic hydroxyl groups excluding tert-OH is 1. The van der Waals surface area contributed by atoms with Crippen LogP contribution in [0.5, 0.6) is 0 Å². The third kappa shape index (κ3) is 3.91. The van der Waals surface area contributed by atoms with Crippen molar-refractivity contribution in [3.63, 3.8) is 0 Å². The fourth-order valence-electron chi connectivity index (χ4n) is 1.43. The zero-order valence-corrected chi connectivity index (χ0v) is 12.0. The van der Waals surface area contributed by atoms with E-state index in [0.717, 1.165) is 0 Å². The maximum atomic E-state index is 11.8. The van der Waals surface area contributed by atoms with E-state index in [-0.39, 0.29) is 18.9 Å². The van der Waals surface area contributed by atoms with Crippen molar-refractivity contribution in [1.82, 2.24) is 4.98 Å². The second kappa shape index (κ2) is 6.34. The van der Waals surface area contributed by atoms with E-state index in [0.29, 0.717) is 26.4 Å². The van der Waals surface area contributed by atoms with Crippen LogP contribution in [0.3, 0.4) is 0 Å². The first-order valence-electron chi connectivity index (χ1n) is 5.37. The molecule has 0 aliphatic rings. The Bertz CT molecular complexity index is 601. The highest BCUT2D eigenvalue weighted by Gasteiger charge is 2.10. The Hall–Kier alpha value is -1.14. The molecule has 0 spiro atoms. The molecule has 1 aromatic heterocycles. The number of rotatable bonds is 4. The van der Waals surface area contributed by atoms with Crippen LogP contribution >= 0.6 is 34.5 Å². The average molecular weight is 317 g/mol. The lowest BCUT2D eigenvalue weighted by atomic mass is 10.3. The molecular formula is C12H10Cl2N2O2S. The van der Waals surface area contributed by atoms with Gasteiger partial charge in [-0.2, -0.15) is 0 Å². The molecule has 0 atom stereocenters. The number of benzene rings is 1. The number of thiazole rings is 1. The van der Waals surface area contributed by atoms with Gasteiger partial charge in [-0.3, -0.25) is 4.79 Å². The van der Waals surface area contributed by atoms with Gasteiger partial charge in [0, 0.05) is 10.4 Å². The molecule has 1 heterocycles. The van der Waals surface area contributed by atoms with Crippen LogP contribution in [0.2, 0.25) is 10.0 Å². The van der Waals surface area contributed by atoms with Crippen molar-refractivity contribution < 1.29 is 9.90 Å². The van der Waals surface area contributed by atoms with Gasteiger partial charge in [0.05, 0.1) is 29.4 Å². The van der Waals surface area contributed by atoms with Gasteiger partial charge in [0.2, 0.25) is 5.91 Å². The number of carbonyl (C=O) groups excluding carboxylic acids is 1. The largest absolute Gasteiger partial charge is 0.390 e. The van der Waals surface area contributed by atoms with Crippen LogP contribution in [-0.4, -0.2) is 16.0 Å². The van der Waals surface area contributed by atoms with Crippen LogP contribution in [-0.2, 0) is 17.8 Å². The lowest BCUT2D eigenvalue weighted by Gasteiger charge is -2.06. The molecule has 4 nitrogen and oxygen atoms in total. The molecule has 2 aromatic rings. The number of anilines is 1. The Labute approximate surface area is 124 Å². The summed E-state index contributed by atoms with van der Waals surface area (Å²) in [5.41, 5.74) is 1.03. The zero-order chi connectivity index (χ0) is 13.8. The van der Waals surface area contributed by atoms with Gasteiger partial charge < -0.3 is 10.4 Å². The first-order valence-corrected chi connectivity index (χ1v) is 7.01. The van der Waals surface area contributed by atoms with Crippen LogP contribution in [0.4, 0.5) is 5.69 Å². The fraction of sp³-hybridized carbons (Fsp3) is 0.167. The standard InChI is InChI=1S/C12H10Cl2N2O2S/c13-7-1-2-9(14)10(3-7)16-11(18)4-12-15-8(5-17)6-19-12/h1-3,6,17H,4-5H2,(H,16,18). The van der Waals surface area contributed by atoms with E-state index in [1.165, 1.54) is 11.3 Å². The summed E-state index contributed by atoms with van der Waals surface area (Å²) in [6.07, 6.45) is 0.132. The van der Waals surface area contributed by atoms with E-state index in [1.54, 1.807) is 23.6 Å². The third-order valence-electron chi connectivity index (χ3n) is 2.28. The third-order valence-corrected chi connectivity index (χ3v) is 3.74. The summed E-state index contributed by atoms with van der Waals surface area (Å²) in [7, 11) is 0. The highest BCUT2D eigenvalue weighted by atomic mass is 35.5. The molecule has 0 fully saturated rings. The normalized spacial score (nSPS) is 10.5. The van der Waals surface area contributed by atoms with Crippen molar-refractivity contribution in [2.45, 2.75) is 13.0 Å². The predicted molar refractivity (Wildman–Crippen MR) is 76.8 cm³/mol. The molecule has 0 saturated carbocycles. The van der Waals surface area contributed by atoms with Gasteiger partial charge in [0.15, 0.2) is 0 Å². The first kappa shape index (κ1) is 14.3. The van der Waals surface area contributed by atoms with Crippen LogP contribution in [0.15, 0.2) is 23.6 Å². The molecule has 2 rings (SSSR count). The minimum atomic E-state index is -0.233. The lowest BCUT2D eigenvalue weighted by Crippen LogP contribution is -2.14. The van der Waals surface area contributed by atoms with Crippen molar-refractivity contribution in [2.75, 3.05) is 5.32 Å². The first-order chi connectivity index (χ1) is 9.08. The Morgan fingerprint density at radius 1 is 1.42 bits per heavy atom. The fourth-order valence-corrected chi connectivity index (χ4v) is 2.55. The van der Waals surface area contributed by atoms with Crippen molar-refractivity contribution >= 4 is 46.1 Å². The monoisotopic (exact) mass is 316 g/mol. The van der Waals surface area contributed by atoms with E-state index < -0.39 is 0 Å². The number of amides is 1. The van der Waals surface area contributed by atoms with Gasteiger partial charge in [-0.25, -0.2) is 4.98 Å². The van der Waals surface area contributed by atoms with Crippen LogP contribution in [0.25, 0.3) is 0 Å². The van der Waals surface area contributed by atoms with Gasteiger partial charge in [0.1, 0.15) is 5.01 Å². The molecule has 0 radical (unpaired) electrons. The van der Waals surface area contributed by atoms with E-state index in [1.807, 2.05) is 0 Å². The maximum absolute atomic E-state index is 11.8. The molecule has 2 N–H and O–H groups in total. The Kier molecular flexibility index (Phi) is 4.76. The van der Waals surface area contributed by atoms with Gasteiger partial charge in [0.25, 0.3) is 0 Å². The minimum Gasteiger partial charge on any atom is -0.390 e. The van der Waals surface area contributed by atoms with Crippen LogP contribution < -0.4 is 5.32 Å². The molecule has 1 amide bonds.